The third-order valence-corrected chi connectivity index (χ3v) is 2.02. The van der Waals surface area contributed by atoms with E-state index in [0.29, 0.717) is 5.75 Å². The molecule has 0 aliphatic heterocycles. The Labute approximate surface area is 92.7 Å². The number of hydrogen-bond acceptors (Lipinski definition) is 3. The molecule has 0 bridgehead atoms. The maximum Gasteiger partial charge on any atom is 0.409 e. The number of carbonyl (C=O) groups excluding carboxylic acids is 1. The number of ether oxygens (including phenoxy) is 1. The number of pyridine rings is 1. The quantitative estimate of drug-likeness (QED) is 0.833. The second kappa shape index (κ2) is 4.44. The van der Waals surface area contributed by atoms with E-state index in [4.69, 9.17) is 10.5 Å². The van der Waals surface area contributed by atoms with Gasteiger partial charge in [0.1, 0.15) is 5.75 Å². The van der Waals surface area contributed by atoms with Crippen LogP contribution in [0.25, 0.3) is 11.3 Å². The fourth-order valence-electron chi connectivity index (χ4n) is 1.36. The molecule has 0 aliphatic rings. The molecule has 0 aliphatic carbocycles. The van der Waals surface area contributed by atoms with Crippen molar-refractivity contribution in [1.29, 1.82) is 0 Å². The largest absolute Gasteiger partial charge is 0.410 e. The Morgan fingerprint density at radius 3 is 2.62 bits per heavy atom. The standard InChI is InChI=1S/C12H10N2O2/c13-12(15)16-10-6-7-14-11(8-10)9-4-2-1-3-5-9/h1-8H,(H2,13,15). The van der Waals surface area contributed by atoms with Crippen LogP contribution in [0.5, 0.6) is 5.75 Å². The predicted molar refractivity (Wildman–Crippen MR) is 59.9 cm³/mol. The van der Waals surface area contributed by atoms with Gasteiger partial charge < -0.3 is 10.5 Å². The number of benzene rings is 1. The fraction of sp³-hybridized carbons (Fsp3) is 0. The number of hydrogen-bond donors (Lipinski definition) is 1. The Hall–Kier alpha value is -2.36. The lowest BCUT2D eigenvalue weighted by Gasteiger charge is -2.03. The first kappa shape index (κ1) is 10.2. The minimum atomic E-state index is -0.829. The fourth-order valence-corrected chi connectivity index (χ4v) is 1.36. The van der Waals surface area contributed by atoms with E-state index in [9.17, 15) is 4.79 Å². The lowest BCUT2D eigenvalue weighted by atomic mass is 10.1. The molecule has 16 heavy (non-hydrogen) atoms. The van der Waals surface area contributed by atoms with Crippen LogP contribution in [0.15, 0.2) is 48.7 Å². The van der Waals surface area contributed by atoms with Crippen molar-refractivity contribution >= 4 is 6.09 Å². The minimum Gasteiger partial charge on any atom is -0.410 e. The second-order valence-corrected chi connectivity index (χ2v) is 3.16. The number of nitrogens with two attached hydrogens (primary N) is 1. The average molecular weight is 214 g/mol. The summed E-state index contributed by atoms with van der Waals surface area (Å²) in [4.78, 5) is 14.8. The van der Waals surface area contributed by atoms with Gasteiger partial charge in [-0.25, -0.2) is 4.79 Å². The molecule has 2 rings (SSSR count). The Morgan fingerprint density at radius 1 is 1.19 bits per heavy atom. The first-order chi connectivity index (χ1) is 7.75. The van der Waals surface area contributed by atoms with Crippen LogP contribution >= 0.6 is 0 Å². The van der Waals surface area contributed by atoms with E-state index in [0.717, 1.165) is 11.3 Å². The van der Waals surface area contributed by atoms with E-state index in [1.165, 1.54) is 0 Å². The van der Waals surface area contributed by atoms with Crippen LogP contribution in [-0.2, 0) is 0 Å². The zero-order valence-corrected chi connectivity index (χ0v) is 8.46. The monoisotopic (exact) mass is 214 g/mol. The number of rotatable bonds is 2. The molecule has 0 atom stereocenters. The SMILES string of the molecule is NC(=O)Oc1ccnc(-c2ccccc2)c1. The topological polar surface area (TPSA) is 65.2 Å². The minimum absolute atomic E-state index is 0.390. The first-order valence-corrected chi connectivity index (χ1v) is 4.74. The zero-order chi connectivity index (χ0) is 11.4. The Bertz CT molecular complexity index is 497. The number of primary amides is 1. The van der Waals surface area contributed by atoms with Gasteiger partial charge in [0, 0.05) is 17.8 Å². The highest BCUT2D eigenvalue weighted by Gasteiger charge is 2.02. The molecule has 0 fully saturated rings. The normalized spacial score (nSPS) is 9.75. The van der Waals surface area contributed by atoms with Crippen molar-refractivity contribution in [3.05, 3.63) is 48.7 Å². The summed E-state index contributed by atoms with van der Waals surface area (Å²) in [6.07, 6.45) is 0.742. The molecule has 1 amide bonds. The summed E-state index contributed by atoms with van der Waals surface area (Å²) in [6.45, 7) is 0. The van der Waals surface area contributed by atoms with Gasteiger partial charge in [-0.2, -0.15) is 0 Å². The van der Waals surface area contributed by atoms with E-state index in [1.807, 2.05) is 30.3 Å². The van der Waals surface area contributed by atoms with Crippen molar-refractivity contribution in [2.24, 2.45) is 5.73 Å². The molecule has 1 aromatic carbocycles. The van der Waals surface area contributed by atoms with E-state index < -0.39 is 6.09 Å². The second-order valence-electron chi connectivity index (χ2n) is 3.16. The molecule has 4 nitrogen and oxygen atoms in total. The molecule has 2 N–H and O–H groups in total. The molecule has 2 aromatic rings. The van der Waals surface area contributed by atoms with Gasteiger partial charge in [-0.05, 0) is 6.07 Å². The van der Waals surface area contributed by atoms with Crippen LogP contribution < -0.4 is 10.5 Å². The summed E-state index contributed by atoms with van der Waals surface area (Å²) in [7, 11) is 0. The molecular formula is C12H10N2O2. The average Bonchev–Trinajstić information content (AvgIpc) is 2.30. The first-order valence-electron chi connectivity index (χ1n) is 4.74. The summed E-state index contributed by atoms with van der Waals surface area (Å²) >= 11 is 0. The van der Waals surface area contributed by atoms with Crippen molar-refractivity contribution in [2.75, 3.05) is 0 Å². The Balaban J connectivity index is 2.33. The van der Waals surface area contributed by atoms with Crippen LogP contribution in [0, 0.1) is 0 Å². The van der Waals surface area contributed by atoms with Crippen molar-refractivity contribution in [3.63, 3.8) is 0 Å². The van der Waals surface area contributed by atoms with Crippen molar-refractivity contribution in [1.82, 2.24) is 4.98 Å². The molecule has 0 unspecified atom stereocenters. The highest BCUT2D eigenvalue weighted by molar-refractivity contribution is 5.69. The number of aromatic nitrogens is 1. The molecule has 0 saturated heterocycles. The van der Waals surface area contributed by atoms with Gasteiger partial charge in [-0.3, -0.25) is 4.98 Å². The van der Waals surface area contributed by atoms with E-state index in [2.05, 4.69) is 4.98 Å². The van der Waals surface area contributed by atoms with Crippen molar-refractivity contribution in [3.8, 4) is 17.0 Å². The summed E-state index contributed by atoms with van der Waals surface area (Å²) in [5, 5.41) is 0. The maximum atomic E-state index is 10.6. The van der Waals surface area contributed by atoms with Crippen molar-refractivity contribution < 1.29 is 9.53 Å². The van der Waals surface area contributed by atoms with Gasteiger partial charge in [0.2, 0.25) is 0 Å². The van der Waals surface area contributed by atoms with Crippen LogP contribution in [0.2, 0.25) is 0 Å². The Kier molecular flexibility index (Phi) is 2.82. The third kappa shape index (κ3) is 2.36. The van der Waals surface area contributed by atoms with Gasteiger partial charge in [0.25, 0.3) is 0 Å². The van der Waals surface area contributed by atoms with Gasteiger partial charge in [0.05, 0.1) is 5.69 Å². The molecule has 0 radical (unpaired) electrons. The predicted octanol–water partition coefficient (Wildman–Crippen LogP) is 2.21. The van der Waals surface area contributed by atoms with Gasteiger partial charge >= 0.3 is 6.09 Å². The van der Waals surface area contributed by atoms with Crippen molar-refractivity contribution in [2.45, 2.75) is 0 Å². The molecule has 0 saturated carbocycles. The smallest absolute Gasteiger partial charge is 0.409 e. The highest BCUT2D eigenvalue weighted by atomic mass is 16.5. The highest BCUT2D eigenvalue weighted by Crippen LogP contribution is 2.20. The van der Waals surface area contributed by atoms with E-state index >= 15 is 0 Å². The zero-order valence-electron chi connectivity index (χ0n) is 8.46. The van der Waals surface area contributed by atoms with E-state index in [-0.39, 0.29) is 0 Å². The van der Waals surface area contributed by atoms with E-state index in [1.54, 1.807) is 18.3 Å². The molecular weight excluding hydrogens is 204 g/mol. The molecule has 1 heterocycles. The number of nitrogens with zero attached hydrogens (tertiary/aromatic N) is 1. The molecule has 4 heteroatoms. The Morgan fingerprint density at radius 2 is 1.94 bits per heavy atom. The maximum absolute atomic E-state index is 10.6. The summed E-state index contributed by atoms with van der Waals surface area (Å²) < 4.78 is 4.78. The van der Waals surface area contributed by atoms with Crippen LogP contribution in [-0.4, -0.2) is 11.1 Å². The third-order valence-electron chi connectivity index (χ3n) is 2.02. The number of amides is 1. The van der Waals surface area contributed by atoms with Gasteiger partial charge in [0.15, 0.2) is 0 Å². The summed E-state index contributed by atoms with van der Waals surface area (Å²) in [5.74, 6) is 0.390. The van der Waals surface area contributed by atoms with Gasteiger partial charge in [-0.1, -0.05) is 30.3 Å². The van der Waals surface area contributed by atoms with Crippen LogP contribution in [0.1, 0.15) is 0 Å². The molecule has 0 spiro atoms. The summed E-state index contributed by atoms with van der Waals surface area (Å²) in [5.41, 5.74) is 6.62. The lowest BCUT2D eigenvalue weighted by Crippen LogP contribution is -2.16. The molecule has 80 valence electrons. The van der Waals surface area contributed by atoms with Gasteiger partial charge in [-0.15, -0.1) is 0 Å². The number of carbonyl (C=O) groups is 1. The van der Waals surface area contributed by atoms with Crippen LogP contribution in [0.4, 0.5) is 4.79 Å². The van der Waals surface area contributed by atoms with Crippen LogP contribution in [0.3, 0.4) is 0 Å². The molecule has 1 aromatic heterocycles. The lowest BCUT2D eigenvalue weighted by molar-refractivity contribution is 0.211. The summed E-state index contributed by atoms with van der Waals surface area (Å²) in [6, 6.07) is 12.9.